The Morgan fingerprint density at radius 3 is 2.48 bits per heavy atom. The van der Waals surface area contributed by atoms with Crippen molar-refractivity contribution in [1.82, 2.24) is 0 Å². The number of ether oxygens (including phenoxy) is 1. The van der Waals surface area contributed by atoms with E-state index in [0.29, 0.717) is 27.9 Å². The van der Waals surface area contributed by atoms with Gasteiger partial charge in [-0.15, -0.1) is 0 Å². The minimum Gasteiger partial charge on any atom is -0.494 e. The minimum absolute atomic E-state index is 0.228. The standard InChI is InChI=1S/C18H19Cl2NO2/c1-3-4-11-23-14-7-5-13(6-8-14)18(22)21-16-10-9-15(19)12(2)17(16)20/h5-10H,3-4,11H2,1-2H3,(H,21,22). The van der Waals surface area contributed by atoms with Crippen LogP contribution in [0.3, 0.4) is 0 Å². The molecule has 0 unspecified atom stereocenters. The van der Waals surface area contributed by atoms with Gasteiger partial charge < -0.3 is 10.1 Å². The van der Waals surface area contributed by atoms with Crippen molar-refractivity contribution in [1.29, 1.82) is 0 Å². The fraction of sp³-hybridized carbons (Fsp3) is 0.278. The van der Waals surface area contributed by atoms with Crippen LogP contribution < -0.4 is 10.1 Å². The maximum Gasteiger partial charge on any atom is 0.255 e. The Bertz CT molecular complexity index is 684. The molecule has 0 radical (unpaired) electrons. The first-order valence-electron chi connectivity index (χ1n) is 7.51. The highest BCUT2D eigenvalue weighted by Crippen LogP contribution is 2.31. The van der Waals surface area contributed by atoms with Crippen molar-refractivity contribution in [3.05, 3.63) is 57.6 Å². The maximum absolute atomic E-state index is 12.3. The maximum atomic E-state index is 12.3. The molecular weight excluding hydrogens is 333 g/mol. The van der Waals surface area contributed by atoms with E-state index >= 15 is 0 Å². The summed E-state index contributed by atoms with van der Waals surface area (Å²) in [5.74, 6) is 0.532. The van der Waals surface area contributed by atoms with Gasteiger partial charge in [0.15, 0.2) is 0 Å². The van der Waals surface area contributed by atoms with Gasteiger partial charge in [-0.3, -0.25) is 4.79 Å². The molecule has 0 aliphatic carbocycles. The number of benzene rings is 2. The zero-order valence-electron chi connectivity index (χ0n) is 13.2. The van der Waals surface area contributed by atoms with E-state index in [2.05, 4.69) is 12.2 Å². The van der Waals surface area contributed by atoms with E-state index in [0.717, 1.165) is 24.2 Å². The molecule has 0 aliphatic heterocycles. The molecule has 2 rings (SSSR count). The number of halogens is 2. The lowest BCUT2D eigenvalue weighted by atomic mass is 10.1. The van der Waals surface area contributed by atoms with Crippen LogP contribution in [0.2, 0.25) is 10.0 Å². The monoisotopic (exact) mass is 351 g/mol. The topological polar surface area (TPSA) is 38.3 Å². The second-order valence-electron chi connectivity index (χ2n) is 5.21. The van der Waals surface area contributed by atoms with Crippen LogP contribution in [-0.4, -0.2) is 12.5 Å². The number of hydrogen-bond acceptors (Lipinski definition) is 2. The molecule has 0 fully saturated rings. The van der Waals surface area contributed by atoms with E-state index in [9.17, 15) is 4.79 Å². The average Bonchev–Trinajstić information content (AvgIpc) is 2.56. The third kappa shape index (κ3) is 4.63. The first-order chi connectivity index (χ1) is 11.0. The van der Waals surface area contributed by atoms with Crippen molar-refractivity contribution in [2.75, 3.05) is 11.9 Å². The van der Waals surface area contributed by atoms with Crippen LogP contribution in [0.5, 0.6) is 5.75 Å². The van der Waals surface area contributed by atoms with Crippen molar-refractivity contribution in [2.24, 2.45) is 0 Å². The highest BCUT2D eigenvalue weighted by molar-refractivity contribution is 6.38. The summed E-state index contributed by atoms with van der Waals surface area (Å²) in [4.78, 5) is 12.3. The van der Waals surface area contributed by atoms with E-state index in [4.69, 9.17) is 27.9 Å². The van der Waals surface area contributed by atoms with E-state index < -0.39 is 0 Å². The molecule has 0 saturated heterocycles. The molecule has 5 heteroatoms. The third-order valence-electron chi connectivity index (χ3n) is 3.45. The molecule has 0 bridgehead atoms. The molecule has 0 saturated carbocycles. The molecule has 0 atom stereocenters. The van der Waals surface area contributed by atoms with Gasteiger partial charge in [0.05, 0.1) is 17.3 Å². The number of nitrogens with one attached hydrogen (secondary N) is 1. The third-order valence-corrected chi connectivity index (χ3v) is 4.35. The Hall–Kier alpha value is -1.71. The zero-order valence-corrected chi connectivity index (χ0v) is 14.7. The molecule has 2 aromatic rings. The molecule has 0 aliphatic rings. The van der Waals surface area contributed by atoms with Crippen LogP contribution >= 0.6 is 23.2 Å². The van der Waals surface area contributed by atoms with Crippen molar-refractivity contribution >= 4 is 34.8 Å². The number of anilines is 1. The molecule has 0 spiro atoms. The van der Waals surface area contributed by atoms with Crippen LogP contribution in [0, 0.1) is 6.92 Å². The predicted molar refractivity (Wildman–Crippen MR) is 96.0 cm³/mol. The van der Waals surface area contributed by atoms with E-state index in [1.54, 1.807) is 36.4 Å². The number of amides is 1. The van der Waals surface area contributed by atoms with Gasteiger partial charge in [-0.2, -0.15) is 0 Å². The van der Waals surface area contributed by atoms with Crippen molar-refractivity contribution in [2.45, 2.75) is 26.7 Å². The summed E-state index contributed by atoms with van der Waals surface area (Å²) >= 11 is 12.2. The zero-order chi connectivity index (χ0) is 16.8. The highest BCUT2D eigenvalue weighted by Gasteiger charge is 2.11. The Morgan fingerprint density at radius 1 is 1.13 bits per heavy atom. The summed E-state index contributed by atoms with van der Waals surface area (Å²) in [7, 11) is 0. The summed E-state index contributed by atoms with van der Waals surface area (Å²) in [6.07, 6.45) is 2.10. The van der Waals surface area contributed by atoms with E-state index in [-0.39, 0.29) is 5.91 Å². The fourth-order valence-electron chi connectivity index (χ4n) is 1.99. The number of hydrogen-bond donors (Lipinski definition) is 1. The Kier molecular flexibility index (Phi) is 6.31. The number of unbranched alkanes of at least 4 members (excludes halogenated alkanes) is 1. The lowest BCUT2D eigenvalue weighted by molar-refractivity contribution is 0.102. The lowest BCUT2D eigenvalue weighted by Crippen LogP contribution is -2.12. The SMILES string of the molecule is CCCCOc1ccc(C(=O)Nc2ccc(Cl)c(C)c2Cl)cc1. The van der Waals surface area contributed by atoms with Crippen LogP contribution in [0.15, 0.2) is 36.4 Å². The number of carbonyl (C=O) groups is 1. The normalized spacial score (nSPS) is 10.4. The van der Waals surface area contributed by atoms with Crippen molar-refractivity contribution < 1.29 is 9.53 Å². The molecule has 0 aromatic heterocycles. The van der Waals surface area contributed by atoms with Crippen molar-refractivity contribution in [3.63, 3.8) is 0 Å². The first kappa shape index (κ1) is 17.6. The van der Waals surface area contributed by atoms with E-state index in [1.165, 1.54) is 0 Å². The van der Waals surface area contributed by atoms with Crippen molar-refractivity contribution in [3.8, 4) is 5.75 Å². The van der Waals surface area contributed by atoms with Gasteiger partial charge in [0, 0.05) is 10.6 Å². The van der Waals surface area contributed by atoms with Crippen LogP contribution in [0.1, 0.15) is 35.7 Å². The molecule has 1 amide bonds. The quantitative estimate of drug-likeness (QED) is 0.674. The van der Waals surface area contributed by atoms with Gasteiger partial charge in [0.25, 0.3) is 5.91 Å². The second-order valence-corrected chi connectivity index (χ2v) is 6.00. The van der Waals surface area contributed by atoms with Crippen LogP contribution in [-0.2, 0) is 0 Å². The fourth-order valence-corrected chi connectivity index (χ4v) is 2.41. The highest BCUT2D eigenvalue weighted by atomic mass is 35.5. The Morgan fingerprint density at radius 2 is 1.83 bits per heavy atom. The summed E-state index contributed by atoms with van der Waals surface area (Å²) < 4.78 is 5.58. The number of carbonyl (C=O) groups excluding carboxylic acids is 1. The minimum atomic E-state index is -0.228. The lowest BCUT2D eigenvalue weighted by Gasteiger charge is -2.11. The Balaban J connectivity index is 2.05. The van der Waals surface area contributed by atoms with Crippen LogP contribution in [0.25, 0.3) is 0 Å². The van der Waals surface area contributed by atoms with Gasteiger partial charge in [0.1, 0.15) is 5.75 Å². The molecule has 122 valence electrons. The Labute approximate surface area is 146 Å². The van der Waals surface area contributed by atoms with E-state index in [1.807, 2.05) is 6.92 Å². The van der Waals surface area contributed by atoms with Gasteiger partial charge in [0.2, 0.25) is 0 Å². The smallest absolute Gasteiger partial charge is 0.255 e. The molecule has 23 heavy (non-hydrogen) atoms. The number of rotatable bonds is 6. The van der Waals surface area contributed by atoms with Crippen LogP contribution in [0.4, 0.5) is 5.69 Å². The summed E-state index contributed by atoms with van der Waals surface area (Å²) in [5, 5.41) is 3.82. The molecule has 2 aromatic carbocycles. The average molecular weight is 352 g/mol. The first-order valence-corrected chi connectivity index (χ1v) is 8.27. The van der Waals surface area contributed by atoms with Gasteiger partial charge in [-0.1, -0.05) is 36.5 Å². The molecular formula is C18H19Cl2NO2. The van der Waals surface area contributed by atoms with Gasteiger partial charge >= 0.3 is 0 Å². The van der Waals surface area contributed by atoms with Gasteiger partial charge in [-0.25, -0.2) is 0 Å². The second kappa shape index (κ2) is 8.23. The summed E-state index contributed by atoms with van der Waals surface area (Å²) in [6.45, 7) is 4.60. The largest absolute Gasteiger partial charge is 0.494 e. The van der Waals surface area contributed by atoms with Gasteiger partial charge in [-0.05, 0) is 55.3 Å². The predicted octanol–water partition coefficient (Wildman–Crippen LogP) is 5.73. The molecule has 0 heterocycles. The molecule has 3 nitrogen and oxygen atoms in total. The summed E-state index contributed by atoms with van der Waals surface area (Å²) in [6, 6.07) is 10.4. The summed E-state index contributed by atoms with van der Waals surface area (Å²) in [5.41, 5.74) is 1.82. The molecule has 1 N–H and O–H groups in total.